The Morgan fingerprint density at radius 2 is 1.86 bits per heavy atom. The predicted octanol–water partition coefficient (Wildman–Crippen LogP) is 3.83. The molecule has 4 nitrogen and oxygen atoms in total. The smallest absolute Gasteiger partial charge is 0.272 e. The topological polar surface area (TPSA) is 45.2 Å². The fraction of sp³-hybridized carbons (Fsp3) is 0.294. The lowest BCUT2D eigenvalue weighted by atomic mass is 10.2. The maximum absolute atomic E-state index is 12.3. The third-order valence-corrected chi connectivity index (χ3v) is 3.69. The normalized spacial score (nSPS) is 10.3. The number of anilines is 1. The minimum Gasteiger partial charge on any atom is -0.381 e. The Hall–Kier alpha value is -2.07. The molecule has 0 aliphatic rings. The first kappa shape index (κ1) is 16.3. The van der Waals surface area contributed by atoms with Crippen LogP contribution in [0.3, 0.4) is 0 Å². The van der Waals surface area contributed by atoms with E-state index in [1.807, 2.05) is 44.2 Å². The van der Waals surface area contributed by atoms with E-state index in [4.69, 9.17) is 11.6 Å². The molecule has 22 heavy (non-hydrogen) atoms. The van der Waals surface area contributed by atoms with E-state index in [1.165, 1.54) is 0 Å². The number of carbonyl (C=O) groups excluding carboxylic acids is 1. The zero-order valence-electron chi connectivity index (χ0n) is 12.8. The number of carbonyl (C=O) groups is 1. The van der Waals surface area contributed by atoms with Crippen LogP contribution in [0.15, 0.2) is 42.6 Å². The molecule has 2 aromatic rings. The van der Waals surface area contributed by atoms with Crippen LogP contribution in [0.2, 0.25) is 5.02 Å². The number of nitrogens with one attached hydrogen (secondary N) is 1. The molecule has 0 saturated carbocycles. The van der Waals surface area contributed by atoms with Gasteiger partial charge in [0, 0.05) is 36.5 Å². The maximum Gasteiger partial charge on any atom is 0.272 e. The zero-order chi connectivity index (χ0) is 15.9. The van der Waals surface area contributed by atoms with Gasteiger partial charge in [0.05, 0.1) is 0 Å². The molecule has 0 atom stereocenters. The first-order chi connectivity index (χ1) is 10.6. The van der Waals surface area contributed by atoms with Crippen LogP contribution in [0.4, 0.5) is 5.69 Å². The van der Waals surface area contributed by atoms with Gasteiger partial charge in [-0.3, -0.25) is 9.78 Å². The van der Waals surface area contributed by atoms with Crippen LogP contribution in [-0.4, -0.2) is 28.9 Å². The van der Waals surface area contributed by atoms with E-state index < -0.39 is 0 Å². The van der Waals surface area contributed by atoms with Gasteiger partial charge in [-0.1, -0.05) is 23.7 Å². The summed E-state index contributed by atoms with van der Waals surface area (Å²) in [5.41, 5.74) is 2.46. The molecule has 1 N–H and O–H groups in total. The van der Waals surface area contributed by atoms with Crippen molar-refractivity contribution in [2.24, 2.45) is 0 Å². The SMILES string of the molecule is CCN(CC)C(=O)c1cc(NCc2ccc(Cl)cc2)ccn1. The van der Waals surface area contributed by atoms with Crippen molar-refractivity contribution in [3.63, 3.8) is 0 Å². The molecule has 1 aromatic heterocycles. The quantitative estimate of drug-likeness (QED) is 0.880. The lowest BCUT2D eigenvalue weighted by Gasteiger charge is -2.18. The van der Waals surface area contributed by atoms with Crippen molar-refractivity contribution in [2.45, 2.75) is 20.4 Å². The molecule has 0 fully saturated rings. The second kappa shape index (κ2) is 7.80. The summed E-state index contributed by atoms with van der Waals surface area (Å²) in [6.45, 7) is 5.95. The molecule has 0 aliphatic heterocycles. The van der Waals surface area contributed by atoms with Crippen LogP contribution in [0.25, 0.3) is 0 Å². The summed E-state index contributed by atoms with van der Waals surface area (Å²) in [5, 5.41) is 4.02. The summed E-state index contributed by atoms with van der Waals surface area (Å²) in [6.07, 6.45) is 1.65. The van der Waals surface area contributed by atoms with Gasteiger partial charge in [-0.25, -0.2) is 0 Å². The number of aromatic nitrogens is 1. The number of amides is 1. The number of benzene rings is 1. The molecule has 0 aliphatic carbocycles. The third kappa shape index (κ3) is 4.21. The van der Waals surface area contributed by atoms with Crippen molar-refractivity contribution in [1.29, 1.82) is 0 Å². The molecule has 5 heteroatoms. The van der Waals surface area contributed by atoms with E-state index in [9.17, 15) is 4.79 Å². The minimum absolute atomic E-state index is 0.0415. The highest BCUT2D eigenvalue weighted by atomic mass is 35.5. The lowest BCUT2D eigenvalue weighted by molar-refractivity contribution is 0.0767. The van der Waals surface area contributed by atoms with E-state index in [1.54, 1.807) is 17.2 Å². The molecule has 0 saturated heterocycles. The summed E-state index contributed by atoms with van der Waals surface area (Å²) in [4.78, 5) is 18.2. The molecular formula is C17H20ClN3O. The molecule has 0 spiro atoms. The first-order valence-electron chi connectivity index (χ1n) is 7.37. The molecule has 0 radical (unpaired) electrons. The molecule has 0 unspecified atom stereocenters. The fourth-order valence-electron chi connectivity index (χ4n) is 2.14. The number of hydrogen-bond donors (Lipinski definition) is 1. The maximum atomic E-state index is 12.3. The van der Waals surface area contributed by atoms with Gasteiger partial charge in [-0.05, 0) is 43.7 Å². The van der Waals surface area contributed by atoms with Crippen LogP contribution in [0.1, 0.15) is 29.9 Å². The van der Waals surface area contributed by atoms with E-state index in [-0.39, 0.29) is 5.91 Å². The minimum atomic E-state index is -0.0415. The standard InChI is InChI=1S/C17H20ClN3O/c1-3-21(4-2)17(22)16-11-15(9-10-19-16)20-12-13-5-7-14(18)8-6-13/h5-11H,3-4,12H2,1-2H3,(H,19,20). The molecule has 1 aromatic carbocycles. The molecule has 0 bridgehead atoms. The highest BCUT2D eigenvalue weighted by molar-refractivity contribution is 6.30. The Morgan fingerprint density at radius 3 is 2.50 bits per heavy atom. The predicted molar refractivity (Wildman–Crippen MR) is 90.3 cm³/mol. The average molecular weight is 318 g/mol. The van der Waals surface area contributed by atoms with Crippen molar-refractivity contribution in [1.82, 2.24) is 9.88 Å². The summed E-state index contributed by atoms with van der Waals surface area (Å²) in [6, 6.07) is 11.3. The Morgan fingerprint density at radius 1 is 1.18 bits per heavy atom. The van der Waals surface area contributed by atoms with Crippen LogP contribution >= 0.6 is 11.6 Å². The van der Waals surface area contributed by atoms with Gasteiger partial charge < -0.3 is 10.2 Å². The zero-order valence-corrected chi connectivity index (χ0v) is 13.6. The molecule has 1 amide bonds. The van der Waals surface area contributed by atoms with Gasteiger partial charge in [0.1, 0.15) is 5.69 Å². The Kier molecular flexibility index (Phi) is 5.78. The summed E-state index contributed by atoms with van der Waals surface area (Å²) in [7, 11) is 0. The summed E-state index contributed by atoms with van der Waals surface area (Å²) < 4.78 is 0. The van der Waals surface area contributed by atoms with Gasteiger partial charge in [-0.15, -0.1) is 0 Å². The first-order valence-corrected chi connectivity index (χ1v) is 7.75. The van der Waals surface area contributed by atoms with Crippen LogP contribution < -0.4 is 5.32 Å². The molecule has 1 heterocycles. The van der Waals surface area contributed by atoms with E-state index >= 15 is 0 Å². The number of hydrogen-bond acceptors (Lipinski definition) is 3. The van der Waals surface area contributed by atoms with Crippen molar-refractivity contribution in [2.75, 3.05) is 18.4 Å². The van der Waals surface area contributed by atoms with Crippen LogP contribution in [0, 0.1) is 0 Å². The van der Waals surface area contributed by atoms with E-state index in [0.29, 0.717) is 25.3 Å². The Bertz CT molecular complexity index is 624. The molecular weight excluding hydrogens is 298 g/mol. The third-order valence-electron chi connectivity index (χ3n) is 3.44. The van der Waals surface area contributed by atoms with Crippen molar-refractivity contribution < 1.29 is 4.79 Å². The lowest BCUT2D eigenvalue weighted by Crippen LogP contribution is -2.31. The van der Waals surface area contributed by atoms with Gasteiger partial charge >= 0.3 is 0 Å². The number of nitrogens with zero attached hydrogens (tertiary/aromatic N) is 2. The second-order valence-corrected chi connectivity index (χ2v) is 5.32. The molecule has 2 rings (SSSR count). The highest BCUT2D eigenvalue weighted by Gasteiger charge is 2.13. The van der Waals surface area contributed by atoms with Gasteiger partial charge in [0.15, 0.2) is 0 Å². The van der Waals surface area contributed by atoms with Gasteiger partial charge in [-0.2, -0.15) is 0 Å². The van der Waals surface area contributed by atoms with Gasteiger partial charge in [0.25, 0.3) is 5.91 Å². The van der Waals surface area contributed by atoms with Gasteiger partial charge in [0.2, 0.25) is 0 Å². The van der Waals surface area contributed by atoms with Crippen molar-refractivity contribution in [3.05, 3.63) is 58.9 Å². The van der Waals surface area contributed by atoms with Crippen LogP contribution in [-0.2, 0) is 6.54 Å². The summed E-state index contributed by atoms with van der Waals surface area (Å²) >= 11 is 5.87. The van der Waals surface area contributed by atoms with E-state index in [2.05, 4.69) is 10.3 Å². The van der Waals surface area contributed by atoms with Crippen molar-refractivity contribution >= 4 is 23.2 Å². The average Bonchev–Trinajstić information content (AvgIpc) is 2.55. The van der Waals surface area contributed by atoms with Crippen LogP contribution in [0.5, 0.6) is 0 Å². The second-order valence-electron chi connectivity index (χ2n) is 4.89. The largest absolute Gasteiger partial charge is 0.381 e. The number of halogens is 1. The Balaban J connectivity index is 2.05. The summed E-state index contributed by atoms with van der Waals surface area (Å²) in [5.74, 6) is -0.0415. The fourth-order valence-corrected chi connectivity index (χ4v) is 2.26. The number of rotatable bonds is 6. The Labute approximate surface area is 136 Å². The van der Waals surface area contributed by atoms with Crippen molar-refractivity contribution in [3.8, 4) is 0 Å². The number of pyridine rings is 1. The molecule has 116 valence electrons. The monoisotopic (exact) mass is 317 g/mol. The van der Waals surface area contributed by atoms with E-state index in [0.717, 1.165) is 16.3 Å². The highest BCUT2D eigenvalue weighted by Crippen LogP contribution is 2.14.